The van der Waals surface area contributed by atoms with Gasteiger partial charge in [0.05, 0.1) is 12.1 Å². The molecule has 1 aromatic rings. The van der Waals surface area contributed by atoms with Gasteiger partial charge in [0, 0.05) is 39.8 Å². The Balaban J connectivity index is 2.56. The van der Waals surface area contributed by atoms with E-state index in [1.807, 2.05) is 6.20 Å². The second-order valence-corrected chi connectivity index (χ2v) is 4.73. The van der Waals surface area contributed by atoms with E-state index in [-0.39, 0.29) is 5.54 Å². The van der Waals surface area contributed by atoms with Crippen LogP contribution in [-0.4, -0.2) is 42.5 Å². The zero-order chi connectivity index (χ0) is 12.7. The highest BCUT2D eigenvalue weighted by atomic mass is 16.5. The number of aryl methyl sites for hydroxylation is 1. The first-order valence-corrected chi connectivity index (χ1v) is 5.86. The molecule has 0 aliphatic heterocycles. The molecule has 0 radical (unpaired) electrons. The molecule has 0 fully saturated rings. The Hall–Kier alpha value is -1.07. The molecule has 0 aromatic carbocycles. The van der Waals surface area contributed by atoms with Gasteiger partial charge in [-0.2, -0.15) is 0 Å². The molecule has 17 heavy (non-hydrogen) atoms. The molecule has 1 N–H and O–H groups in total. The number of rotatable bonds is 8. The summed E-state index contributed by atoms with van der Waals surface area (Å²) >= 11 is 0. The first-order valence-electron chi connectivity index (χ1n) is 5.86. The van der Waals surface area contributed by atoms with Crippen molar-refractivity contribution in [2.75, 3.05) is 32.8 Å². The lowest BCUT2D eigenvalue weighted by atomic mass is 10.1. The standard InChI is InChI=1S/C12H23N3O2/c1-12(2,10-17-4)14-11-13-6-8-15(11)7-5-9-16-3/h6,8H,5,7,9-10H2,1-4H3,(H,13,14). The Kier molecular flexibility index (Phi) is 5.44. The molecule has 0 bridgehead atoms. The summed E-state index contributed by atoms with van der Waals surface area (Å²) in [5, 5.41) is 3.38. The number of nitrogens with one attached hydrogen (secondary N) is 1. The van der Waals surface area contributed by atoms with E-state index in [0.29, 0.717) is 6.61 Å². The van der Waals surface area contributed by atoms with E-state index in [4.69, 9.17) is 9.47 Å². The van der Waals surface area contributed by atoms with Crippen molar-refractivity contribution in [2.45, 2.75) is 32.4 Å². The number of imidazole rings is 1. The summed E-state index contributed by atoms with van der Waals surface area (Å²) in [5.41, 5.74) is -0.126. The largest absolute Gasteiger partial charge is 0.385 e. The zero-order valence-electron chi connectivity index (χ0n) is 11.2. The molecule has 0 aliphatic carbocycles. The summed E-state index contributed by atoms with van der Waals surface area (Å²) in [6.07, 6.45) is 4.76. The molecule has 0 spiro atoms. The van der Waals surface area contributed by atoms with Gasteiger partial charge in [-0.15, -0.1) is 0 Å². The molecule has 0 saturated heterocycles. The Labute approximate surface area is 103 Å². The topological polar surface area (TPSA) is 48.3 Å². The third-order valence-corrected chi connectivity index (χ3v) is 2.42. The van der Waals surface area contributed by atoms with Crippen molar-refractivity contribution in [3.8, 4) is 0 Å². The van der Waals surface area contributed by atoms with Crippen molar-refractivity contribution in [3.05, 3.63) is 12.4 Å². The zero-order valence-corrected chi connectivity index (χ0v) is 11.2. The Morgan fingerprint density at radius 2 is 2.12 bits per heavy atom. The Morgan fingerprint density at radius 1 is 1.35 bits per heavy atom. The van der Waals surface area contributed by atoms with Crippen molar-refractivity contribution in [3.63, 3.8) is 0 Å². The molecular weight excluding hydrogens is 218 g/mol. The first-order chi connectivity index (χ1) is 8.09. The van der Waals surface area contributed by atoms with E-state index in [9.17, 15) is 0 Å². The number of anilines is 1. The van der Waals surface area contributed by atoms with E-state index < -0.39 is 0 Å². The van der Waals surface area contributed by atoms with Gasteiger partial charge in [-0.05, 0) is 20.3 Å². The molecule has 0 amide bonds. The van der Waals surface area contributed by atoms with Crippen LogP contribution in [0.5, 0.6) is 0 Å². The quantitative estimate of drug-likeness (QED) is 0.704. The van der Waals surface area contributed by atoms with Crippen LogP contribution in [0.2, 0.25) is 0 Å². The predicted octanol–water partition coefficient (Wildman–Crippen LogP) is 1.76. The van der Waals surface area contributed by atoms with Crippen LogP contribution in [0.3, 0.4) is 0 Å². The van der Waals surface area contributed by atoms with E-state index >= 15 is 0 Å². The SMILES string of the molecule is COCCCn1ccnc1NC(C)(C)COC. The van der Waals surface area contributed by atoms with Crippen LogP contribution in [0.4, 0.5) is 5.95 Å². The highest BCUT2D eigenvalue weighted by molar-refractivity contribution is 5.29. The van der Waals surface area contributed by atoms with Crippen molar-refractivity contribution < 1.29 is 9.47 Å². The maximum Gasteiger partial charge on any atom is 0.203 e. The van der Waals surface area contributed by atoms with Gasteiger partial charge in [-0.25, -0.2) is 4.98 Å². The average molecular weight is 241 g/mol. The molecule has 1 aromatic heterocycles. The molecule has 1 heterocycles. The highest BCUT2D eigenvalue weighted by Gasteiger charge is 2.19. The van der Waals surface area contributed by atoms with E-state index in [1.54, 1.807) is 20.4 Å². The summed E-state index contributed by atoms with van der Waals surface area (Å²) in [5.74, 6) is 0.878. The van der Waals surface area contributed by atoms with E-state index in [2.05, 4.69) is 28.7 Å². The lowest BCUT2D eigenvalue weighted by molar-refractivity contribution is 0.157. The number of aromatic nitrogens is 2. The maximum absolute atomic E-state index is 5.17. The van der Waals surface area contributed by atoms with Crippen LogP contribution < -0.4 is 5.32 Å². The summed E-state index contributed by atoms with van der Waals surface area (Å²) in [6.45, 7) is 6.48. The summed E-state index contributed by atoms with van der Waals surface area (Å²) in [4.78, 5) is 4.32. The van der Waals surface area contributed by atoms with Crippen molar-refractivity contribution in [1.29, 1.82) is 0 Å². The van der Waals surface area contributed by atoms with Crippen LogP contribution in [-0.2, 0) is 16.0 Å². The summed E-state index contributed by atoms with van der Waals surface area (Å²) in [7, 11) is 3.42. The van der Waals surface area contributed by atoms with Gasteiger partial charge in [0.2, 0.25) is 5.95 Å². The fourth-order valence-electron chi connectivity index (χ4n) is 1.69. The lowest BCUT2D eigenvalue weighted by Gasteiger charge is -2.26. The van der Waals surface area contributed by atoms with Gasteiger partial charge >= 0.3 is 0 Å². The van der Waals surface area contributed by atoms with Crippen LogP contribution >= 0.6 is 0 Å². The third-order valence-electron chi connectivity index (χ3n) is 2.42. The monoisotopic (exact) mass is 241 g/mol. The van der Waals surface area contributed by atoms with E-state index in [0.717, 1.165) is 25.5 Å². The third kappa shape index (κ3) is 4.75. The second-order valence-electron chi connectivity index (χ2n) is 4.73. The Bertz CT molecular complexity index is 323. The molecule has 5 heteroatoms. The number of hydrogen-bond acceptors (Lipinski definition) is 4. The lowest BCUT2D eigenvalue weighted by Crippen LogP contribution is -2.37. The molecule has 98 valence electrons. The number of hydrogen-bond donors (Lipinski definition) is 1. The predicted molar refractivity (Wildman–Crippen MR) is 68.3 cm³/mol. The molecule has 0 atom stereocenters. The van der Waals surface area contributed by atoms with Crippen LogP contribution in [0.1, 0.15) is 20.3 Å². The average Bonchev–Trinajstić information content (AvgIpc) is 2.65. The number of methoxy groups -OCH3 is 2. The molecule has 0 saturated carbocycles. The van der Waals surface area contributed by atoms with Crippen molar-refractivity contribution >= 4 is 5.95 Å². The molecule has 5 nitrogen and oxygen atoms in total. The van der Waals surface area contributed by atoms with Crippen molar-refractivity contribution in [2.24, 2.45) is 0 Å². The maximum atomic E-state index is 5.17. The van der Waals surface area contributed by atoms with Crippen LogP contribution in [0, 0.1) is 0 Å². The van der Waals surface area contributed by atoms with Gasteiger partial charge in [0.25, 0.3) is 0 Å². The normalized spacial score (nSPS) is 11.8. The van der Waals surface area contributed by atoms with Gasteiger partial charge in [-0.3, -0.25) is 0 Å². The smallest absolute Gasteiger partial charge is 0.203 e. The van der Waals surface area contributed by atoms with Crippen LogP contribution in [0.25, 0.3) is 0 Å². The molecule has 1 rings (SSSR count). The molecule has 0 aliphatic rings. The fourth-order valence-corrected chi connectivity index (χ4v) is 1.69. The number of ether oxygens (including phenoxy) is 2. The summed E-state index contributed by atoms with van der Waals surface area (Å²) < 4.78 is 12.3. The van der Waals surface area contributed by atoms with Crippen LogP contribution in [0.15, 0.2) is 12.4 Å². The Morgan fingerprint density at radius 3 is 2.76 bits per heavy atom. The van der Waals surface area contributed by atoms with Gasteiger partial charge in [0.1, 0.15) is 0 Å². The van der Waals surface area contributed by atoms with E-state index in [1.165, 1.54) is 0 Å². The second kappa shape index (κ2) is 6.61. The fraction of sp³-hybridized carbons (Fsp3) is 0.750. The van der Waals surface area contributed by atoms with Gasteiger partial charge in [-0.1, -0.05) is 0 Å². The minimum absolute atomic E-state index is 0.126. The van der Waals surface area contributed by atoms with Gasteiger partial charge in [0.15, 0.2) is 0 Å². The first kappa shape index (κ1) is 14.0. The molecular formula is C12H23N3O2. The molecule has 0 unspecified atom stereocenters. The summed E-state index contributed by atoms with van der Waals surface area (Å²) in [6, 6.07) is 0. The highest BCUT2D eigenvalue weighted by Crippen LogP contribution is 2.14. The minimum Gasteiger partial charge on any atom is -0.385 e. The minimum atomic E-state index is -0.126. The van der Waals surface area contributed by atoms with Gasteiger partial charge < -0.3 is 19.4 Å². The van der Waals surface area contributed by atoms with Crippen molar-refractivity contribution in [1.82, 2.24) is 9.55 Å². The number of nitrogens with zero attached hydrogens (tertiary/aromatic N) is 2.